The molecule has 0 spiro atoms. The molecule has 1 aromatic heterocycles. The zero-order valence-corrected chi connectivity index (χ0v) is 10.3. The molecule has 0 unspecified atom stereocenters. The zero-order valence-electron chi connectivity index (χ0n) is 9.53. The number of hydrogen-bond acceptors (Lipinski definition) is 4. The van der Waals surface area contributed by atoms with Crippen LogP contribution in [0.4, 0.5) is 0 Å². The summed E-state index contributed by atoms with van der Waals surface area (Å²) in [6, 6.07) is 3.42. The van der Waals surface area contributed by atoms with E-state index in [2.05, 4.69) is 5.32 Å². The Labute approximate surface area is 99.3 Å². The number of hydrogen-bond donors (Lipinski definition) is 1. The lowest BCUT2D eigenvalue weighted by Crippen LogP contribution is -2.32. The second-order valence-electron chi connectivity index (χ2n) is 3.72. The molecule has 1 N–H and O–H groups in total. The van der Waals surface area contributed by atoms with Gasteiger partial charge in [-0.05, 0) is 38.5 Å². The molecule has 88 valence electrons. The van der Waals surface area contributed by atoms with Gasteiger partial charge in [-0.1, -0.05) is 6.07 Å². The van der Waals surface area contributed by atoms with Crippen LogP contribution in [0.25, 0.3) is 0 Å². The minimum absolute atomic E-state index is 0.445. The molecule has 5 heteroatoms. The third-order valence-corrected chi connectivity index (χ3v) is 2.89. The molecule has 0 aliphatic heterocycles. The fourth-order valence-electron chi connectivity index (χ4n) is 1.20. The standard InChI is InChI=1S/C11H16N2O2S/c1-13(2)7-4-6-12-11(15)10(14)9-5-3-8-16-9/h3,5,8H,4,6-7H2,1-2H3,(H,12,15). The quantitative estimate of drug-likeness (QED) is 0.458. The number of carbonyl (C=O) groups is 2. The van der Waals surface area contributed by atoms with E-state index in [1.807, 2.05) is 19.0 Å². The largest absolute Gasteiger partial charge is 0.349 e. The van der Waals surface area contributed by atoms with Gasteiger partial charge in [0.25, 0.3) is 11.7 Å². The SMILES string of the molecule is CN(C)CCCNC(=O)C(=O)c1cccs1. The molecule has 0 bridgehead atoms. The maximum atomic E-state index is 11.5. The van der Waals surface area contributed by atoms with Gasteiger partial charge in [0.15, 0.2) is 0 Å². The van der Waals surface area contributed by atoms with Gasteiger partial charge in [-0.2, -0.15) is 0 Å². The minimum atomic E-state index is -0.513. The third-order valence-electron chi connectivity index (χ3n) is 2.02. The summed E-state index contributed by atoms with van der Waals surface area (Å²) in [6.45, 7) is 1.43. The van der Waals surface area contributed by atoms with E-state index >= 15 is 0 Å². The van der Waals surface area contributed by atoms with E-state index in [1.54, 1.807) is 17.5 Å². The summed E-state index contributed by atoms with van der Waals surface area (Å²) in [7, 11) is 3.94. The summed E-state index contributed by atoms with van der Waals surface area (Å²) >= 11 is 1.28. The number of nitrogens with one attached hydrogen (secondary N) is 1. The molecule has 1 heterocycles. The second-order valence-corrected chi connectivity index (χ2v) is 4.67. The van der Waals surface area contributed by atoms with E-state index in [1.165, 1.54) is 11.3 Å². The molecule has 0 aromatic carbocycles. The molecule has 1 amide bonds. The van der Waals surface area contributed by atoms with Crippen LogP contribution in [0.2, 0.25) is 0 Å². The van der Waals surface area contributed by atoms with Crippen molar-refractivity contribution >= 4 is 23.0 Å². The van der Waals surface area contributed by atoms with E-state index in [9.17, 15) is 9.59 Å². The highest BCUT2D eigenvalue weighted by Gasteiger charge is 2.15. The lowest BCUT2D eigenvalue weighted by molar-refractivity contribution is -0.117. The molecular weight excluding hydrogens is 224 g/mol. The zero-order chi connectivity index (χ0) is 12.0. The fourth-order valence-corrected chi connectivity index (χ4v) is 1.86. The monoisotopic (exact) mass is 240 g/mol. The Morgan fingerprint density at radius 3 is 2.75 bits per heavy atom. The first kappa shape index (κ1) is 12.9. The second kappa shape index (κ2) is 6.40. The van der Waals surface area contributed by atoms with Gasteiger partial charge in [-0.15, -0.1) is 11.3 Å². The van der Waals surface area contributed by atoms with E-state index in [-0.39, 0.29) is 0 Å². The Bertz CT molecular complexity index is 347. The Kier molecular flexibility index (Phi) is 5.14. The Hall–Kier alpha value is -1.20. The average Bonchev–Trinajstić information content (AvgIpc) is 2.76. The van der Waals surface area contributed by atoms with Crippen LogP contribution in [-0.4, -0.2) is 43.8 Å². The van der Waals surface area contributed by atoms with Crippen molar-refractivity contribution in [3.8, 4) is 0 Å². The van der Waals surface area contributed by atoms with Crippen LogP contribution < -0.4 is 5.32 Å². The van der Waals surface area contributed by atoms with Gasteiger partial charge in [0.2, 0.25) is 0 Å². The lowest BCUT2D eigenvalue weighted by atomic mass is 10.3. The van der Waals surface area contributed by atoms with Gasteiger partial charge < -0.3 is 10.2 Å². The van der Waals surface area contributed by atoms with Crippen molar-refractivity contribution in [3.05, 3.63) is 22.4 Å². The first-order chi connectivity index (χ1) is 7.61. The molecule has 0 radical (unpaired) electrons. The van der Waals surface area contributed by atoms with Crippen molar-refractivity contribution in [2.24, 2.45) is 0 Å². The van der Waals surface area contributed by atoms with Crippen molar-refractivity contribution in [1.82, 2.24) is 10.2 Å². The Balaban J connectivity index is 2.28. The summed E-state index contributed by atoms with van der Waals surface area (Å²) in [6.07, 6.45) is 0.844. The van der Waals surface area contributed by atoms with Crippen molar-refractivity contribution in [3.63, 3.8) is 0 Å². The van der Waals surface area contributed by atoms with Gasteiger partial charge in [-0.25, -0.2) is 0 Å². The van der Waals surface area contributed by atoms with Crippen molar-refractivity contribution in [1.29, 1.82) is 0 Å². The highest BCUT2D eigenvalue weighted by Crippen LogP contribution is 2.08. The molecule has 1 rings (SSSR count). The minimum Gasteiger partial charge on any atom is -0.349 e. The first-order valence-electron chi connectivity index (χ1n) is 5.12. The van der Waals surface area contributed by atoms with E-state index in [0.717, 1.165) is 13.0 Å². The predicted octanol–water partition coefficient (Wildman–Crippen LogP) is 0.999. The molecule has 0 saturated carbocycles. The first-order valence-corrected chi connectivity index (χ1v) is 6.00. The molecular formula is C11H16N2O2S. The Morgan fingerprint density at radius 2 is 2.19 bits per heavy atom. The summed E-state index contributed by atoms with van der Waals surface area (Å²) in [5, 5.41) is 4.40. The maximum absolute atomic E-state index is 11.5. The van der Waals surface area contributed by atoms with Gasteiger partial charge in [0, 0.05) is 6.54 Å². The van der Waals surface area contributed by atoms with Crippen molar-refractivity contribution in [2.45, 2.75) is 6.42 Å². The van der Waals surface area contributed by atoms with Gasteiger partial charge >= 0.3 is 0 Å². The maximum Gasteiger partial charge on any atom is 0.293 e. The van der Waals surface area contributed by atoms with Crippen LogP contribution >= 0.6 is 11.3 Å². The van der Waals surface area contributed by atoms with Gasteiger partial charge in [0.1, 0.15) is 0 Å². The molecule has 0 atom stereocenters. The normalized spacial score (nSPS) is 10.4. The summed E-state index contributed by atoms with van der Waals surface area (Å²) in [5.74, 6) is -0.957. The third kappa shape index (κ3) is 4.12. The highest BCUT2D eigenvalue weighted by molar-refractivity contribution is 7.13. The van der Waals surface area contributed by atoms with E-state index < -0.39 is 11.7 Å². The number of Topliss-reactive ketones (excluding diaryl/α,β-unsaturated/α-hetero) is 1. The van der Waals surface area contributed by atoms with Crippen LogP contribution in [0.15, 0.2) is 17.5 Å². The van der Waals surface area contributed by atoms with E-state index in [0.29, 0.717) is 11.4 Å². The molecule has 0 aliphatic carbocycles. The molecule has 0 aliphatic rings. The average molecular weight is 240 g/mol. The number of thiophene rings is 1. The number of amides is 1. The van der Waals surface area contributed by atoms with Crippen molar-refractivity contribution in [2.75, 3.05) is 27.2 Å². The number of rotatable bonds is 6. The number of ketones is 1. The van der Waals surface area contributed by atoms with Gasteiger partial charge in [0.05, 0.1) is 4.88 Å². The van der Waals surface area contributed by atoms with Crippen molar-refractivity contribution < 1.29 is 9.59 Å². The lowest BCUT2D eigenvalue weighted by Gasteiger charge is -2.09. The topological polar surface area (TPSA) is 49.4 Å². The molecule has 1 aromatic rings. The molecule has 4 nitrogen and oxygen atoms in total. The van der Waals surface area contributed by atoms with Crippen LogP contribution in [0.5, 0.6) is 0 Å². The fraction of sp³-hybridized carbons (Fsp3) is 0.455. The van der Waals surface area contributed by atoms with Crippen LogP contribution in [0.3, 0.4) is 0 Å². The van der Waals surface area contributed by atoms with Crippen LogP contribution in [0.1, 0.15) is 16.1 Å². The Morgan fingerprint density at radius 1 is 1.44 bits per heavy atom. The molecule has 0 saturated heterocycles. The van der Waals surface area contributed by atoms with Gasteiger partial charge in [-0.3, -0.25) is 9.59 Å². The van der Waals surface area contributed by atoms with Crippen LogP contribution in [0, 0.1) is 0 Å². The molecule has 16 heavy (non-hydrogen) atoms. The highest BCUT2D eigenvalue weighted by atomic mass is 32.1. The number of nitrogens with zero attached hydrogens (tertiary/aromatic N) is 1. The van der Waals surface area contributed by atoms with E-state index in [4.69, 9.17) is 0 Å². The predicted molar refractivity (Wildman–Crippen MR) is 64.8 cm³/mol. The summed E-state index contributed by atoms with van der Waals surface area (Å²) < 4.78 is 0. The smallest absolute Gasteiger partial charge is 0.293 e. The van der Waals surface area contributed by atoms with Crippen LogP contribution in [-0.2, 0) is 4.79 Å². The number of carbonyl (C=O) groups excluding carboxylic acids is 2. The summed E-state index contributed by atoms with van der Waals surface area (Å²) in [5.41, 5.74) is 0. The summed E-state index contributed by atoms with van der Waals surface area (Å²) in [4.78, 5) is 25.5. The molecule has 0 fully saturated rings.